The van der Waals surface area contributed by atoms with E-state index in [4.69, 9.17) is 9.47 Å². The normalized spacial score (nSPS) is 18.9. The number of thiophene rings is 1. The Bertz CT molecular complexity index is 788. The lowest BCUT2D eigenvalue weighted by molar-refractivity contribution is -0.145. The van der Waals surface area contributed by atoms with Crippen molar-refractivity contribution in [2.45, 2.75) is 45.2 Å². The van der Waals surface area contributed by atoms with Crippen molar-refractivity contribution in [1.82, 2.24) is 4.90 Å². The average Bonchev–Trinajstić information content (AvgIpc) is 3.08. The largest absolute Gasteiger partial charge is 0.493 e. The molecule has 1 aliphatic rings. The van der Waals surface area contributed by atoms with Crippen molar-refractivity contribution in [2.75, 3.05) is 20.3 Å². The second-order valence-corrected chi connectivity index (χ2v) is 8.10. The number of carbonyl (C=O) groups is 1. The highest BCUT2D eigenvalue weighted by molar-refractivity contribution is 7.12. The number of aliphatic carboxylic acids is 1. The first kappa shape index (κ1) is 19.7. The Kier molecular flexibility index (Phi) is 6.39. The Balaban J connectivity index is 2.07. The van der Waals surface area contributed by atoms with Crippen molar-refractivity contribution in [2.24, 2.45) is 0 Å². The molecule has 0 bridgehead atoms. The van der Waals surface area contributed by atoms with Gasteiger partial charge in [-0.1, -0.05) is 12.5 Å². The molecule has 1 aliphatic heterocycles. The van der Waals surface area contributed by atoms with Gasteiger partial charge in [0.25, 0.3) is 0 Å². The second-order valence-electron chi connectivity index (χ2n) is 6.78. The fourth-order valence-corrected chi connectivity index (χ4v) is 4.81. The van der Waals surface area contributed by atoms with E-state index < -0.39 is 12.0 Å². The zero-order valence-corrected chi connectivity index (χ0v) is 16.9. The first-order chi connectivity index (χ1) is 13.0. The van der Waals surface area contributed by atoms with E-state index in [1.807, 2.05) is 25.1 Å². The first-order valence-electron chi connectivity index (χ1n) is 9.40. The molecule has 1 aromatic heterocycles. The Hall–Kier alpha value is -2.05. The SMILES string of the molecule is CCOc1cc(C(c2ccc(C)s2)N2CCCCC2C(=O)O)ccc1OC. The molecule has 0 aliphatic carbocycles. The van der Waals surface area contributed by atoms with Gasteiger partial charge in [0.05, 0.1) is 19.8 Å². The van der Waals surface area contributed by atoms with Crippen molar-refractivity contribution in [3.8, 4) is 11.5 Å². The van der Waals surface area contributed by atoms with Crippen molar-refractivity contribution in [3.63, 3.8) is 0 Å². The van der Waals surface area contributed by atoms with Crippen LogP contribution in [0.15, 0.2) is 30.3 Å². The Morgan fingerprint density at radius 1 is 1.30 bits per heavy atom. The quantitative estimate of drug-likeness (QED) is 0.756. The second kappa shape index (κ2) is 8.76. The number of nitrogens with zero attached hydrogens (tertiary/aromatic N) is 1. The maximum absolute atomic E-state index is 11.9. The third kappa shape index (κ3) is 4.28. The standard InChI is InChI=1S/C21H27NO4S/c1-4-26-18-13-15(9-10-17(18)25-3)20(19-11-8-14(2)27-19)22-12-6-5-7-16(22)21(23)24/h8-11,13,16,20H,4-7,12H2,1-3H3,(H,23,24). The summed E-state index contributed by atoms with van der Waals surface area (Å²) in [6, 6.07) is 9.57. The van der Waals surface area contributed by atoms with Gasteiger partial charge in [-0.05, 0) is 63.1 Å². The number of rotatable bonds is 7. The lowest BCUT2D eigenvalue weighted by Crippen LogP contribution is -2.46. The van der Waals surface area contributed by atoms with Gasteiger partial charge in [-0.3, -0.25) is 9.69 Å². The molecule has 0 radical (unpaired) electrons. The van der Waals surface area contributed by atoms with E-state index in [9.17, 15) is 9.90 Å². The van der Waals surface area contributed by atoms with E-state index in [0.717, 1.165) is 29.8 Å². The van der Waals surface area contributed by atoms with Crippen molar-refractivity contribution in [3.05, 3.63) is 45.6 Å². The molecule has 1 fully saturated rings. The summed E-state index contributed by atoms with van der Waals surface area (Å²) in [5.41, 5.74) is 1.04. The van der Waals surface area contributed by atoms with Gasteiger partial charge in [-0.25, -0.2) is 0 Å². The molecule has 0 saturated carbocycles. The maximum atomic E-state index is 11.9. The molecule has 2 aromatic rings. The highest BCUT2D eigenvalue weighted by Crippen LogP contribution is 2.40. The number of methoxy groups -OCH3 is 1. The van der Waals surface area contributed by atoms with Crippen LogP contribution in [0.5, 0.6) is 11.5 Å². The number of carboxylic acids is 1. The monoisotopic (exact) mass is 389 g/mol. The van der Waals surface area contributed by atoms with E-state index in [2.05, 4.69) is 24.0 Å². The highest BCUT2D eigenvalue weighted by atomic mass is 32.1. The lowest BCUT2D eigenvalue weighted by atomic mass is 9.95. The number of likely N-dealkylation sites (tertiary alicyclic amines) is 1. The summed E-state index contributed by atoms with van der Waals surface area (Å²) >= 11 is 1.72. The van der Waals surface area contributed by atoms with E-state index in [0.29, 0.717) is 24.5 Å². The van der Waals surface area contributed by atoms with Crippen LogP contribution in [-0.2, 0) is 4.79 Å². The summed E-state index contributed by atoms with van der Waals surface area (Å²) in [5.74, 6) is 0.640. The van der Waals surface area contributed by atoms with Crippen LogP contribution in [0.3, 0.4) is 0 Å². The van der Waals surface area contributed by atoms with Crippen LogP contribution in [0.25, 0.3) is 0 Å². The number of hydrogen-bond donors (Lipinski definition) is 1. The fraction of sp³-hybridized carbons (Fsp3) is 0.476. The number of carboxylic acid groups (broad SMARTS) is 1. The lowest BCUT2D eigenvalue weighted by Gasteiger charge is -2.39. The average molecular weight is 390 g/mol. The minimum Gasteiger partial charge on any atom is -0.493 e. The predicted molar refractivity (Wildman–Crippen MR) is 107 cm³/mol. The van der Waals surface area contributed by atoms with E-state index >= 15 is 0 Å². The molecule has 5 nitrogen and oxygen atoms in total. The number of hydrogen-bond acceptors (Lipinski definition) is 5. The third-order valence-electron chi connectivity index (χ3n) is 4.99. The molecule has 1 N–H and O–H groups in total. The predicted octanol–water partition coefficient (Wildman–Crippen LogP) is 4.49. The topological polar surface area (TPSA) is 59.0 Å². The number of aryl methyl sites for hydroxylation is 1. The van der Waals surface area contributed by atoms with Crippen LogP contribution in [0.1, 0.15) is 47.5 Å². The number of piperidine rings is 1. The van der Waals surface area contributed by atoms with Crippen LogP contribution >= 0.6 is 11.3 Å². The zero-order chi connectivity index (χ0) is 19.4. The van der Waals surface area contributed by atoms with Crippen molar-refractivity contribution in [1.29, 1.82) is 0 Å². The molecule has 146 valence electrons. The van der Waals surface area contributed by atoms with Gasteiger partial charge >= 0.3 is 5.97 Å². The first-order valence-corrected chi connectivity index (χ1v) is 10.2. The van der Waals surface area contributed by atoms with Crippen LogP contribution in [0, 0.1) is 6.92 Å². The molecule has 0 spiro atoms. The molecular weight excluding hydrogens is 362 g/mol. The van der Waals surface area contributed by atoms with E-state index in [1.54, 1.807) is 18.4 Å². The highest BCUT2D eigenvalue weighted by Gasteiger charge is 2.36. The molecule has 0 amide bonds. The zero-order valence-electron chi connectivity index (χ0n) is 16.1. The van der Waals surface area contributed by atoms with Crippen molar-refractivity contribution < 1.29 is 19.4 Å². The van der Waals surface area contributed by atoms with Gasteiger partial charge in [0.2, 0.25) is 0 Å². The third-order valence-corrected chi connectivity index (χ3v) is 6.05. The van der Waals surface area contributed by atoms with Gasteiger partial charge in [0, 0.05) is 9.75 Å². The molecular formula is C21H27NO4S. The van der Waals surface area contributed by atoms with Crippen LogP contribution in [-0.4, -0.2) is 42.3 Å². The summed E-state index contributed by atoms with van der Waals surface area (Å²) in [5, 5.41) is 9.79. The molecule has 27 heavy (non-hydrogen) atoms. The Labute approximate surface area is 164 Å². The number of benzene rings is 1. The van der Waals surface area contributed by atoms with E-state index in [-0.39, 0.29) is 6.04 Å². The summed E-state index contributed by atoms with van der Waals surface area (Å²) in [6.07, 6.45) is 2.65. The van der Waals surface area contributed by atoms with Crippen molar-refractivity contribution >= 4 is 17.3 Å². The van der Waals surface area contributed by atoms with Crippen LogP contribution < -0.4 is 9.47 Å². The minimum atomic E-state index is -0.744. The molecule has 1 aromatic carbocycles. The molecule has 6 heteroatoms. The van der Waals surface area contributed by atoms with Crippen LogP contribution in [0.2, 0.25) is 0 Å². The molecule has 2 heterocycles. The van der Waals surface area contributed by atoms with Crippen LogP contribution in [0.4, 0.5) is 0 Å². The summed E-state index contributed by atoms with van der Waals surface area (Å²) in [6.45, 7) is 5.34. The van der Waals surface area contributed by atoms with Gasteiger partial charge < -0.3 is 14.6 Å². The van der Waals surface area contributed by atoms with Gasteiger partial charge in [0.1, 0.15) is 6.04 Å². The van der Waals surface area contributed by atoms with Gasteiger partial charge in [0.15, 0.2) is 11.5 Å². The molecule has 3 rings (SSSR count). The fourth-order valence-electron chi connectivity index (χ4n) is 3.78. The Morgan fingerprint density at radius 2 is 2.11 bits per heavy atom. The van der Waals surface area contributed by atoms with E-state index in [1.165, 1.54) is 4.88 Å². The minimum absolute atomic E-state index is 0.102. The summed E-state index contributed by atoms with van der Waals surface area (Å²) in [7, 11) is 1.63. The molecule has 1 saturated heterocycles. The smallest absolute Gasteiger partial charge is 0.320 e. The molecule has 2 unspecified atom stereocenters. The maximum Gasteiger partial charge on any atom is 0.320 e. The van der Waals surface area contributed by atoms with Gasteiger partial charge in [-0.15, -0.1) is 11.3 Å². The summed E-state index contributed by atoms with van der Waals surface area (Å²) in [4.78, 5) is 16.4. The van der Waals surface area contributed by atoms with Gasteiger partial charge in [-0.2, -0.15) is 0 Å². The molecule has 2 atom stereocenters. The Morgan fingerprint density at radius 3 is 2.74 bits per heavy atom. The number of ether oxygens (including phenoxy) is 2. The summed E-state index contributed by atoms with van der Waals surface area (Å²) < 4.78 is 11.2.